The van der Waals surface area contributed by atoms with Crippen molar-refractivity contribution in [3.8, 4) is 0 Å². The fourth-order valence-corrected chi connectivity index (χ4v) is 4.12. The van der Waals surface area contributed by atoms with Gasteiger partial charge in [0.1, 0.15) is 12.5 Å². The SMILES string of the molecule is CCC[C@@H](c1nc2ccc(Br)cc2c(=O)n1CC)N1CCN[C@@H](CF)C1. The summed E-state index contributed by atoms with van der Waals surface area (Å²) < 4.78 is 15.8. The third-order valence-corrected chi connectivity index (χ3v) is 5.53. The highest BCUT2D eigenvalue weighted by atomic mass is 79.9. The van der Waals surface area contributed by atoms with Gasteiger partial charge >= 0.3 is 0 Å². The summed E-state index contributed by atoms with van der Waals surface area (Å²) in [5, 5.41) is 3.84. The zero-order valence-electron chi connectivity index (χ0n) is 15.3. The van der Waals surface area contributed by atoms with Gasteiger partial charge < -0.3 is 5.32 Å². The number of halogens is 2. The van der Waals surface area contributed by atoms with Gasteiger partial charge in [0, 0.05) is 36.7 Å². The van der Waals surface area contributed by atoms with Crippen molar-refractivity contribution in [2.75, 3.05) is 26.3 Å². The minimum Gasteiger partial charge on any atom is -0.309 e. The Labute approximate surface area is 161 Å². The van der Waals surface area contributed by atoms with Gasteiger partial charge in [-0.25, -0.2) is 9.37 Å². The molecule has 2 heterocycles. The van der Waals surface area contributed by atoms with Crippen LogP contribution >= 0.6 is 15.9 Å². The Hall–Kier alpha value is -1.31. The van der Waals surface area contributed by atoms with Crippen LogP contribution < -0.4 is 10.9 Å². The molecule has 1 fully saturated rings. The first-order valence-corrected chi connectivity index (χ1v) is 10.1. The van der Waals surface area contributed by atoms with E-state index in [-0.39, 0.29) is 24.3 Å². The summed E-state index contributed by atoms with van der Waals surface area (Å²) in [4.78, 5) is 20.2. The normalized spacial score (nSPS) is 19.8. The van der Waals surface area contributed by atoms with Crippen molar-refractivity contribution in [2.24, 2.45) is 0 Å². The average Bonchev–Trinajstić information content (AvgIpc) is 2.66. The fourth-order valence-electron chi connectivity index (χ4n) is 3.76. The monoisotopic (exact) mass is 424 g/mol. The summed E-state index contributed by atoms with van der Waals surface area (Å²) in [7, 11) is 0. The van der Waals surface area contributed by atoms with Crippen molar-refractivity contribution in [2.45, 2.75) is 45.3 Å². The zero-order valence-corrected chi connectivity index (χ0v) is 16.9. The Balaban J connectivity index is 2.10. The molecule has 0 aliphatic carbocycles. The van der Waals surface area contributed by atoms with E-state index >= 15 is 0 Å². The number of hydrogen-bond donors (Lipinski definition) is 1. The number of nitrogens with one attached hydrogen (secondary N) is 1. The van der Waals surface area contributed by atoms with Crippen molar-refractivity contribution in [3.05, 3.63) is 38.9 Å². The second-order valence-corrected chi connectivity index (χ2v) is 7.70. The van der Waals surface area contributed by atoms with E-state index in [2.05, 4.69) is 33.1 Å². The molecule has 5 nitrogen and oxygen atoms in total. The minimum absolute atomic E-state index is 0.00733. The van der Waals surface area contributed by atoms with E-state index in [0.29, 0.717) is 18.5 Å². The molecule has 0 bridgehead atoms. The van der Waals surface area contributed by atoms with Gasteiger partial charge in [-0.1, -0.05) is 29.3 Å². The zero-order chi connectivity index (χ0) is 18.7. The predicted octanol–water partition coefficient (Wildman–Crippen LogP) is 3.26. The van der Waals surface area contributed by atoms with E-state index in [4.69, 9.17) is 4.98 Å². The summed E-state index contributed by atoms with van der Waals surface area (Å²) in [6.45, 7) is 6.53. The van der Waals surface area contributed by atoms with E-state index in [9.17, 15) is 9.18 Å². The van der Waals surface area contributed by atoms with Crippen LogP contribution in [0, 0.1) is 0 Å². The van der Waals surface area contributed by atoms with Crippen molar-refractivity contribution in [1.29, 1.82) is 0 Å². The molecule has 26 heavy (non-hydrogen) atoms. The number of fused-ring (bicyclic) bond motifs is 1. The summed E-state index contributed by atoms with van der Waals surface area (Å²) in [5.74, 6) is 0.800. The van der Waals surface area contributed by atoms with Gasteiger partial charge in [0.15, 0.2) is 0 Å². The minimum atomic E-state index is -0.380. The molecule has 2 aromatic rings. The lowest BCUT2D eigenvalue weighted by Gasteiger charge is -2.38. The van der Waals surface area contributed by atoms with Crippen LogP contribution in [0.4, 0.5) is 4.39 Å². The van der Waals surface area contributed by atoms with Gasteiger partial charge in [-0.05, 0) is 31.5 Å². The second-order valence-electron chi connectivity index (χ2n) is 6.79. The van der Waals surface area contributed by atoms with Gasteiger partial charge in [0.05, 0.1) is 16.9 Å². The second kappa shape index (κ2) is 8.59. The third kappa shape index (κ3) is 3.85. The van der Waals surface area contributed by atoms with E-state index in [0.717, 1.165) is 41.7 Å². The lowest BCUT2D eigenvalue weighted by atomic mass is 10.1. The molecule has 1 aromatic heterocycles. The summed E-state index contributed by atoms with van der Waals surface area (Å²) in [6.07, 6.45) is 1.88. The Kier molecular flexibility index (Phi) is 6.42. The van der Waals surface area contributed by atoms with E-state index in [1.165, 1.54) is 0 Å². The van der Waals surface area contributed by atoms with Crippen molar-refractivity contribution < 1.29 is 4.39 Å². The number of rotatable bonds is 6. The molecule has 1 aliphatic heterocycles. The molecule has 1 aliphatic rings. The standard InChI is InChI=1S/C19H26BrFN4O/c1-3-5-17(24-9-8-22-14(11-21)12-24)18-23-16-7-6-13(20)10-15(16)19(26)25(18)4-2/h6-7,10,14,17,22H,3-5,8-9,11-12H2,1-2H3/t14-,17-/m0/s1. The number of alkyl halides is 1. The molecular formula is C19H26BrFN4O. The van der Waals surface area contributed by atoms with Gasteiger partial charge in [-0.2, -0.15) is 0 Å². The number of piperazine rings is 1. The molecular weight excluding hydrogens is 399 g/mol. The highest BCUT2D eigenvalue weighted by molar-refractivity contribution is 9.10. The highest BCUT2D eigenvalue weighted by Gasteiger charge is 2.29. The molecule has 0 unspecified atom stereocenters. The summed E-state index contributed by atoms with van der Waals surface area (Å²) in [6, 6.07) is 5.50. The maximum atomic E-state index is 13.2. The van der Waals surface area contributed by atoms with Gasteiger partial charge in [-0.15, -0.1) is 0 Å². The maximum absolute atomic E-state index is 13.2. The van der Waals surface area contributed by atoms with Crippen molar-refractivity contribution >= 4 is 26.8 Å². The molecule has 0 spiro atoms. The van der Waals surface area contributed by atoms with E-state index in [1.54, 1.807) is 4.57 Å². The molecule has 3 rings (SSSR count). The summed E-state index contributed by atoms with van der Waals surface area (Å²) >= 11 is 3.44. The number of hydrogen-bond acceptors (Lipinski definition) is 4. The lowest BCUT2D eigenvalue weighted by molar-refractivity contribution is 0.117. The quantitative estimate of drug-likeness (QED) is 0.772. The molecule has 1 N–H and O–H groups in total. The van der Waals surface area contributed by atoms with Crippen molar-refractivity contribution in [1.82, 2.24) is 19.8 Å². The Morgan fingerprint density at radius 2 is 2.23 bits per heavy atom. The highest BCUT2D eigenvalue weighted by Crippen LogP contribution is 2.27. The molecule has 7 heteroatoms. The number of nitrogens with zero attached hydrogens (tertiary/aromatic N) is 3. The molecule has 0 amide bonds. The Morgan fingerprint density at radius 3 is 2.92 bits per heavy atom. The fraction of sp³-hybridized carbons (Fsp3) is 0.579. The Morgan fingerprint density at radius 1 is 1.42 bits per heavy atom. The first kappa shape index (κ1) is 19.5. The average molecular weight is 425 g/mol. The number of benzene rings is 1. The van der Waals surface area contributed by atoms with Crippen LogP contribution in [0.15, 0.2) is 27.5 Å². The lowest BCUT2D eigenvalue weighted by Crippen LogP contribution is -2.53. The largest absolute Gasteiger partial charge is 0.309 e. The molecule has 2 atom stereocenters. The smallest absolute Gasteiger partial charge is 0.261 e. The maximum Gasteiger partial charge on any atom is 0.261 e. The van der Waals surface area contributed by atoms with Gasteiger partial charge in [0.2, 0.25) is 0 Å². The van der Waals surface area contributed by atoms with Crippen LogP contribution in [0.2, 0.25) is 0 Å². The number of aromatic nitrogens is 2. The first-order valence-electron chi connectivity index (χ1n) is 9.32. The molecule has 1 saturated heterocycles. The van der Waals surface area contributed by atoms with Gasteiger partial charge in [0.25, 0.3) is 5.56 Å². The van der Waals surface area contributed by atoms with Crippen LogP contribution in [0.25, 0.3) is 10.9 Å². The molecule has 142 valence electrons. The predicted molar refractivity (Wildman–Crippen MR) is 106 cm³/mol. The molecule has 0 saturated carbocycles. The first-order chi connectivity index (χ1) is 12.6. The van der Waals surface area contributed by atoms with Gasteiger partial charge in [-0.3, -0.25) is 14.3 Å². The molecule has 1 aromatic carbocycles. The van der Waals surface area contributed by atoms with Crippen LogP contribution in [0.3, 0.4) is 0 Å². The Bertz CT molecular complexity index is 825. The van der Waals surface area contributed by atoms with Crippen molar-refractivity contribution in [3.63, 3.8) is 0 Å². The third-order valence-electron chi connectivity index (χ3n) is 5.04. The van der Waals surface area contributed by atoms with Crippen LogP contribution in [0.1, 0.15) is 38.6 Å². The summed E-state index contributed by atoms with van der Waals surface area (Å²) in [5.41, 5.74) is 0.711. The topological polar surface area (TPSA) is 50.2 Å². The molecule has 0 radical (unpaired) electrons. The van der Waals surface area contributed by atoms with Crippen LogP contribution in [-0.2, 0) is 6.54 Å². The van der Waals surface area contributed by atoms with E-state index in [1.807, 2.05) is 25.1 Å². The van der Waals surface area contributed by atoms with Crippen LogP contribution in [0.5, 0.6) is 0 Å². The van der Waals surface area contributed by atoms with Crippen LogP contribution in [-0.4, -0.2) is 46.8 Å². The van der Waals surface area contributed by atoms with E-state index < -0.39 is 0 Å².